The van der Waals surface area contributed by atoms with Crippen LogP contribution in [0, 0.1) is 12.8 Å². The van der Waals surface area contributed by atoms with Gasteiger partial charge in [-0.15, -0.1) is 0 Å². The van der Waals surface area contributed by atoms with Crippen molar-refractivity contribution in [3.05, 3.63) is 23.4 Å². The summed E-state index contributed by atoms with van der Waals surface area (Å²) in [6.45, 7) is 5.61. The number of pyridine rings is 1. The normalized spacial score (nSPS) is 14.4. The van der Waals surface area contributed by atoms with Gasteiger partial charge in [0.15, 0.2) is 0 Å². The highest BCUT2D eigenvalue weighted by Crippen LogP contribution is 2.29. The van der Waals surface area contributed by atoms with E-state index in [1.54, 1.807) is 0 Å². The monoisotopic (exact) mass is 247 g/mol. The summed E-state index contributed by atoms with van der Waals surface area (Å²) >= 11 is 0. The molecule has 0 saturated heterocycles. The van der Waals surface area contributed by atoms with Crippen LogP contribution in [0.25, 0.3) is 0 Å². The minimum atomic E-state index is 0.0894. The Kier molecular flexibility index (Phi) is 3.84. The zero-order valence-electron chi connectivity index (χ0n) is 11.4. The molecule has 0 aliphatic heterocycles. The number of aromatic nitrogens is 1. The van der Waals surface area contributed by atoms with E-state index in [2.05, 4.69) is 10.3 Å². The molecule has 0 atom stereocenters. The summed E-state index contributed by atoms with van der Waals surface area (Å²) in [5.41, 5.74) is 1.60. The topological polar surface area (TPSA) is 45.2 Å². The number of anilines is 1. The third kappa shape index (κ3) is 3.22. The van der Waals surface area contributed by atoms with Gasteiger partial charge in [-0.3, -0.25) is 4.79 Å². The van der Waals surface area contributed by atoms with E-state index in [4.69, 9.17) is 0 Å². The van der Waals surface area contributed by atoms with Crippen LogP contribution >= 0.6 is 0 Å². The van der Waals surface area contributed by atoms with Crippen LogP contribution in [0.4, 0.5) is 5.82 Å². The molecule has 1 aliphatic rings. The Morgan fingerprint density at radius 1 is 1.50 bits per heavy atom. The van der Waals surface area contributed by atoms with Crippen molar-refractivity contribution in [1.29, 1.82) is 0 Å². The van der Waals surface area contributed by atoms with E-state index in [-0.39, 0.29) is 5.91 Å². The first-order valence-electron chi connectivity index (χ1n) is 6.58. The molecule has 4 heteroatoms. The van der Waals surface area contributed by atoms with Crippen molar-refractivity contribution in [3.8, 4) is 0 Å². The van der Waals surface area contributed by atoms with Gasteiger partial charge in [0.1, 0.15) is 5.82 Å². The van der Waals surface area contributed by atoms with Crippen molar-refractivity contribution in [2.45, 2.75) is 26.7 Å². The van der Waals surface area contributed by atoms with E-state index >= 15 is 0 Å². The molecule has 0 aromatic carbocycles. The van der Waals surface area contributed by atoms with Crippen molar-refractivity contribution in [2.75, 3.05) is 25.5 Å². The van der Waals surface area contributed by atoms with Crippen molar-refractivity contribution >= 4 is 11.7 Å². The second-order valence-corrected chi connectivity index (χ2v) is 5.04. The average molecular weight is 247 g/mol. The maximum atomic E-state index is 12.3. The molecule has 1 aromatic heterocycles. The van der Waals surface area contributed by atoms with Crippen molar-refractivity contribution < 1.29 is 4.79 Å². The predicted molar refractivity (Wildman–Crippen MR) is 72.8 cm³/mol. The van der Waals surface area contributed by atoms with Crippen LogP contribution in [-0.2, 0) is 0 Å². The molecule has 0 unspecified atom stereocenters. The summed E-state index contributed by atoms with van der Waals surface area (Å²) in [7, 11) is 1.88. The van der Waals surface area contributed by atoms with E-state index in [0.29, 0.717) is 0 Å². The molecule has 4 nitrogen and oxygen atoms in total. The number of aryl methyl sites for hydroxylation is 1. The maximum absolute atomic E-state index is 12.3. The van der Waals surface area contributed by atoms with Crippen molar-refractivity contribution in [3.63, 3.8) is 0 Å². The highest BCUT2D eigenvalue weighted by atomic mass is 16.2. The molecule has 1 aliphatic carbocycles. The Balaban J connectivity index is 2.12. The molecule has 0 radical (unpaired) electrons. The molecule has 1 fully saturated rings. The molecular weight excluding hydrogens is 226 g/mol. The Hall–Kier alpha value is -1.58. The second kappa shape index (κ2) is 5.38. The van der Waals surface area contributed by atoms with Crippen LogP contribution < -0.4 is 5.32 Å². The summed E-state index contributed by atoms with van der Waals surface area (Å²) in [5.74, 6) is 1.59. The van der Waals surface area contributed by atoms with Gasteiger partial charge in [0, 0.05) is 31.4 Å². The minimum Gasteiger partial charge on any atom is -0.370 e. The van der Waals surface area contributed by atoms with E-state index in [9.17, 15) is 4.79 Å². The zero-order valence-corrected chi connectivity index (χ0v) is 11.4. The molecular formula is C14H21N3O. The number of hydrogen-bond acceptors (Lipinski definition) is 3. The van der Waals surface area contributed by atoms with Gasteiger partial charge in [-0.1, -0.05) is 0 Å². The quantitative estimate of drug-likeness (QED) is 0.868. The molecule has 2 rings (SSSR count). The lowest BCUT2D eigenvalue weighted by atomic mass is 10.2. The molecule has 1 amide bonds. The van der Waals surface area contributed by atoms with Crippen LogP contribution in [0.1, 0.15) is 35.8 Å². The number of rotatable bonds is 5. The summed E-state index contributed by atoms with van der Waals surface area (Å²) in [5, 5.41) is 3.15. The lowest BCUT2D eigenvalue weighted by molar-refractivity contribution is 0.0788. The van der Waals surface area contributed by atoms with Crippen LogP contribution in [0.5, 0.6) is 0 Å². The first-order chi connectivity index (χ1) is 8.60. The molecule has 1 heterocycles. The molecule has 1 aromatic rings. The van der Waals surface area contributed by atoms with Gasteiger partial charge in [-0.25, -0.2) is 4.98 Å². The van der Waals surface area contributed by atoms with Gasteiger partial charge < -0.3 is 10.2 Å². The summed E-state index contributed by atoms with van der Waals surface area (Å²) in [4.78, 5) is 18.5. The summed E-state index contributed by atoms with van der Waals surface area (Å²) in [6, 6.07) is 3.69. The third-order valence-electron chi connectivity index (χ3n) is 3.13. The van der Waals surface area contributed by atoms with E-state index in [1.807, 2.05) is 37.9 Å². The number of amides is 1. The Bertz CT molecular complexity index is 441. The summed E-state index contributed by atoms with van der Waals surface area (Å²) < 4.78 is 0. The second-order valence-electron chi connectivity index (χ2n) is 5.04. The van der Waals surface area contributed by atoms with Gasteiger partial charge in [0.2, 0.25) is 0 Å². The molecule has 0 bridgehead atoms. The fourth-order valence-electron chi connectivity index (χ4n) is 2.05. The molecule has 1 saturated carbocycles. The number of carbonyl (C=O) groups excluding carboxylic acids is 1. The zero-order chi connectivity index (χ0) is 13.1. The van der Waals surface area contributed by atoms with Crippen LogP contribution in [-0.4, -0.2) is 35.9 Å². The van der Waals surface area contributed by atoms with E-state index in [0.717, 1.165) is 36.1 Å². The van der Waals surface area contributed by atoms with Gasteiger partial charge in [-0.05, 0) is 44.7 Å². The van der Waals surface area contributed by atoms with E-state index in [1.165, 1.54) is 12.8 Å². The number of nitrogens with one attached hydrogen (secondary N) is 1. The van der Waals surface area contributed by atoms with Crippen LogP contribution in [0.3, 0.4) is 0 Å². The first kappa shape index (κ1) is 12.9. The standard InChI is InChI=1S/C14H21N3O/c1-4-15-13-8-12(7-10(2)16-13)14(18)17(3)9-11-5-6-11/h7-8,11H,4-6,9H2,1-3H3,(H,15,16). The SMILES string of the molecule is CCNc1cc(C(=O)N(C)CC2CC2)cc(C)n1. The number of carbonyl (C=O) groups is 1. The molecule has 18 heavy (non-hydrogen) atoms. The lowest BCUT2D eigenvalue weighted by Gasteiger charge is -2.17. The fraction of sp³-hybridized carbons (Fsp3) is 0.571. The van der Waals surface area contributed by atoms with Gasteiger partial charge in [0.05, 0.1) is 0 Å². The third-order valence-corrected chi connectivity index (χ3v) is 3.13. The van der Waals surface area contributed by atoms with Gasteiger partial charge in [-0.2, -0.15) is 0 Å². The van der Waals surface area contributed by atoms with Gasteiger partial charge in [0.25, 0.3) is 5.91 Å². The Morgan fingerprint density at radius 3 is 2.83 bits per heavy atom. The average Bonchev–Trinajstić information content (AvgIpc) is 3.11. The first-order valence-corrected chi connectivity index (χ1v) is 6.58. The summed E-state index contributed by atoms with van der Waals surface area (Å²) in [6.07, 6.45) is 2.52. The van der Waals surface area contributed by atoms with Crippen LogP contribution in [0.15, 0.2) is 12.1 Å². The Morgan fingerprint density at radius 2 is 2.22 bits per heavy atom. The predicted octanol–water partition coefficient (Wildman–Crippen LogP) is 2.30. The number of nitrogens with zero attached hydrogens (tertiary/aromatic N) is 2. The molecule has 1 N–H and O–H groups in total. The highest BCUT2D eigenvalue weighted by Gasteiger charge is 2.25. The van der Waals surface area contributed by atoms with Gasteiger partial charge >= 0.3 is 0 Å². The van der Waals surface area contributed by atoms with E-state index < -0.39 is 0 Å². The maximum Gasteiger partial charge on any atom is 0.253 e. The molecule has 0 spiro atoms. The van der Waals surface area contributed by atoms with Crippen molar-refractivity contribution in [2.24, 2.45) is 5.92 Å². The Labute approximate surface area is 108 Å². The lowest BCUT2D eigenvalue weighted by Crippen LogP contribution is -2.29. The largest absolute Gasteiger partial charge is 0.370 e. The van der Waals surface area contributed by atoms with Crippen LogP contribution in [0.2, 0.25) is 0 Å². The van der Waals surface area contributed by atoms with Crippen molar-refractivity contribution in [1.82, 2.24) is 9.88 Å². The minimum absolute atomic E-state index is 0.0894. The smallest absolute Gasteiger partial charge is 0.253 e. The molecule has 98 valence electrons. The number of hydrogen-bond donors (Lipinski definition) is 1. The fourth-order valence-corrected chi connectivity index (χ4v) is 2.05. The highest BCUT2D eigenvalue weighted by molar-refractivity contribution is 5.94.